The first kappa shape index (κ1) is 14.4. The minimum Gasteiger partial charge on any atom is -0.491 e. The van der Waals surface area contributed by atoms with Gasteiger partial charge in [-0.3, -0.25) is 5.43 Å². The molecule has 0 saturated carbocycles. The van der Waals surface area contributed by atoms with Crippen LogP contribution in [0.4, 0.5) is 0 Å². The number of rotatable bonds is 5. The van der Waals surface area contributed by atoms with E-state index in [2.05, 4.69) is 22.7 Å². The van der Waals surface area contributed by atoms with Crippen molar-refractivity contribution in [2.45, 2.75) is 26.6 Å². The fourth-order valence-corrected chi connectivity index (χ4v) is 1.40. The van der Waals surface area contributed by atoms with Crippen molar-refractivity contribution in [3.8, 4) is 5.75 Å². The van der Waals surface area contributed by atoms with Crippen LogP contribution in [0.15, 0.2) is 23.3 Å². The molecule has 18 heavy (non-hydrogen) atoms. The molecular formula is C12H17N3O2S. The lowest BCUT2D eigenvalue weighted by molar-refractivity contribution is 0.225. The van der Waals surface area contributed by atoms with E-state index < -0.39 is 0 Å². The minimum atomic E-state index is -0.0908. The molecule has 0 heterocycles. The summed E-state index contributed by atoms with van der Waals surface area (Å²) in [5.74, 6) is 0.673. The minimum absolute atomic E-state index is 0.0612. The van der Waals surface area contributed by atoms with Crippen molar-refractivity contribution in [1.29, 1.82) is 0 Å². The van der Waals surface area contributed by atoms with Gasteiger partial charge in [-0.25, -0.2) is 0 Å². The quantitative estimate of drug-likeness (QED) is 0.423. The predicted octanol–water partition coefficient (Wildman–Crippen LogP) is 1.13. The number of hydrazone groups is 1. The van der Waals surface area contributed by atoms with Gasteiger partial charge in [0.2, 0.25) is 0 Å². The average Bonchev–Trinajstić information content (AvgIpc) is 2.29. The van der Waals surface area contributed by atoms with Gasteiger partial charge in [-0.15, -0.1) is 0 Å². The number of aliphatic hydroxyl groups is 1. The normalized spacial score (nSPS) is 10.9. The van der Waals surface area contributed by atoms with Crippen molar-refractivity contribution < 1.29 is 9.84 Å². The molecule has 0 unspecified atom stereocenters. The molecule has 0 spiro atoms. The predicted molar refractivity (Wildman–Crippen MR) is 75.6 cm³/mol. The van der Waals surface area contributed by atoms with Gasteiger partial charge in [0.25, 0.3) is 0 Å². The summed E-state index contributed by atoms with van der Waals surface area (Å²) in [4.78, 5) is 0. The summed E-state index contributed by atoms with van der Waals surface area (Å²) in [5, 5.41) is 13.2. The highest BCUT2D eigenvalue weighted by Gasteiger charge is 2.05. The molecule has 0 saturated heterocycles. The second-order valence-electron chi connectivity index (χ2n) is 3.93. The first-order chi connectivity index (χ1) is 8.52. The lowest BCUT2D eigenvalue weighted by Gasteiger charge is -2.13. The maximum absolute atomic E-state index is 9.29. The van der Waals surface area contributed by atoms with Gasteiger partial charge in [0.15, 0.2) is 5.11 Å². The highest BCUT2D eigenvalue weighted by atomic mass is 32.1. The summed E-state index contributed by atoms with van der Waals surface area (Å²) in [6.07, 6.45) is 1.63. The molecule has 5 nitrogen and oxygen atoms in total. The number of aliphatic hydroxyl groups excluding tert-OH is 1. The number of thiocarbonyl (C=S) groups is 1. The first-order valence-electron chi connectivity index (χ1n) is 5.52. The number of nitrogens with zero attached hydrogens (tertiary/aromatic N) is 1. The van der Waals surface area contributed by atoms with Crippen LogP contribution >= 0.6 is 12.2 Å². The lowest BCUT2D eigenvalue weighted by atomic mass is 10.1. The van der Waals surface area contributed by atoms with Crippen LogP contribution in [0, 0.1) is 0 Å². The van der Waals surface area contributed by atoms with E-state index in [0.717, 1.165) is 5.56 Å². The molecule has 0 fully saturated rings. The molecule has 0 aliphatic heterocycles. The number of hydrogen-bond acceptors (Lipinski definition) is 4. The second kappa shape index (κ2) is 6.93. The third-order valence-electron chi connectivity index (χ3n) is 2.01. The van der Waals surface area contributed by atoms with E-state index in [0.29, 0.717) is 11.3 Å². The molecule has 0 atom stereocenters. The summed E-state index contributed by atoms with van der Waals surface area (Å²) < 4.78 is 5.57. The van der Waals surface area contributed by atoms with Crippen LogP contribution in [-0.2, 0) is 6.61 Å². The SMILES string of the molecule is CC(C)Oc1ccc(C=NNC(N)=S)cc1CO. The van der Waals surface area contributed by atoms with Crippen molar-refractivity contribution >= 4 is 23.5 Å². The maximum atomic E-state index is 9.29. The van der Waals surface area contributed by atoms with Gasteiger partial charge < -0.3 is 15.6 Å². The fraction of sp³-hybridized carbons (Fsp3) is 0.333. The molecule has 0 aliphatic carbocycles. The number of ether oxygens (including phenoxy) is 1. The topological polar surface area (TPSA) is 79.9 Å². The summed E-state index contributed by atoms with van der Waals surface area (Å²) in [5.41, 5.74) is 9.23. The van der Waals surface area contributed by atoms with Crippen molar-refractivity contribution in [2.75, 3.05) is 0 Å². The highest BCUT2D eigenvalue weighted by molar-refractivity contribution is 7.80. The Bertz CT molecular complexity index is 447. The Labute approximate surface area is 112 Å². The molecule has 1 rings (SSSR count). The Morgan fingerprint density at radius 3 is 2.89 bits per heavy atom. The summed E-state index contributed by atoms with van der Waals surface area (Å²) in [6.45, 7) is 3.78. The van der Waals surface area contributed by atoms with Gasteiger partial charge in [-0.1, -0.05) is 0 Å². The third kappa shape index (κ3) is 4.68. The van der Waals surface area contributed by atoms with Crippen LogP contribution in [0.5, 0.6) is 5.75 Å². The highest BCUT2D eigenvalue weighted by Crippen LogP contribution is 2.20. The third-order valence-corrected chi connectivity index (χ3v) is 2.10. The van der Waals surface area contributed by atoms with E-state index in [1.807, 2.05) is 19.9 Å². The molecule has 0 aromatic heterocycles. The van der Waals surface area contributed by atoms with Crippen molar-refractivity contribution in [3.63, 3.8) is 0 Å². The monoisotopic (exact) mass is 267 g/mol. The Hall–Kier alpha value is -1.66. The largest absolute Gasteiger partial charge is 0.491 e. The molecule has 0 amide bonds. The molecule has 0 aliphatic rings. The van der Waals surface area contributed by atoms with Crippen LogP contribution in [0.1, 0.15) is 25.0 Å². The van der Waals surface area contributed by atoms with E-state index in [-0.39, 0.29) is 17.8 Å². The molecular weight excluding hydrogens is 250 g/mol. The molecule has 1 aromatic carbocycles. The van der Waals surface area contributed by atoms with Crippen LogP contribution in [0.3, 0.4) is 0 Å². The molecule has 4 N–H and O–H groups in total. The fourth-order valence-electron chi connectivity index (χ4n) is 1.34. The zero-order valence-corrected chi connectivity index (χ0v) is 11.2. The van der Waals surface area contributed by atoms with Gasteiger partial charge in [0, 0.05) is 5.56 Å². The Morgan fingerprint density at radius 2 is 2.33 bits per heavy atom. The van der Waals surface area contributed by atoms with Crippen molar-refractivity contribution in [3.05, 3.63) is 29.3 Å². The lowest BCUT2D eigenvalue weighted by Crippen LogP contribution is -2.24. The molecule has 0 radical (unpaired) electrons. The molecule has 1 aromatic rings. The standard InChI is InChI=1S/C12H17N3O2S/c1-8(2)17-11-4-3-9(5-10(11)7-16)6-14-15-12(13)18/h3-6,8,16H,7H2,1-2H3,(H3,13,15,18). The maximum Gasteiger partial charge on any atom is 0.184 e. The number of nitrogens with one attached hydrogen (secondary N) is 1. The van der Waals surface area contributed by atoms with E-state index in [4.69, 9.17) is 10.5 Å². The Kier molecular flexibility index (Phi) is 5.54. The van der Waals surface area contributed by atoms with E-state index in [1.165, 1.54) is 0 Å². The number of hydrogen-bond donors (Lipinski definition) is 3. The Morgan fingerprint density at radius 1 is 1.61 bits per heavy atom. The van der Waals surface area contributed by atoms with Crippen molar-refractivity contribution in [1.82, 2.24) is 5.43 Å². The van der Waals surface area contributed by atoms with Gasteiger partial charge in [0.1, 0.15) is 5.75 Å². The molecule has 98 valence electrons. The van der Waals surface area contributed by atoms with Crippen LogP contribution in [0.2, 0.25) is 0 Å². The summed E-state index contributed by atoms with van der Waals surface area (Å²) in [6, 6.07) is 5.43. The Balaban J connectivity index is 2.84. The average molecular weight is 267 g/mol. The zero-order chi connectivity index (χ0) is 13.5. The van der Waals surface area contributed by atoms with Gasteiger partial charge in [0.05, 0.1) is 18.9 Å². The van der Waals surface area contributed by atoms with E-state index >= 15 is 0 Å². The zero-order valence-electron chi connectivity index (χ0n) is 10.4. The van der Waals surface area contributed by atoms with E-state index in [9.17, 15) is 5.11 Å². The van der Waals surface area contributed by atoms with Gasteiger partial charge in [-0.2, -0.15) is 5.10 Å². The smallest absolute Gasteiger partial charge is 0.184 e. The molecule has 0 bridgehead atoms. The van der Waals surface area contributed by atoms with Crippen molar-refractivity contribution in [2.24, 2.45) is 10.8 Å². The summed E-state index contributed by atoms with van der Waals surface area (Å²) >= 11 is 4.62. The molecule has 6 heteroatoms. The van der Waals surface area contributed by atoms with E-state index in [1.54, 1.807) is 18.3 Å². The van der Waals surface area contributed by atoms with Crippen LogP contribution in [0.25, 0.3) is 0 Å². The number of benzene rings is 1. The number of nitrogens with two attached hydrogens (primary N) is 1. The van der Waals surface area contributed by atoms with Crippen LogP contribution in [-0.4, -0.2) is 22.5 Å². The van der Waals surface area contributed by atoms with Gasteiger partial charge >= 0.3 is 0 Å². The summed E-state index contributed by atoms with van der Waals surface area (Å²) in [7, 11) is 0. The first-order valence-corrected chi connectivity index (χ1v) is 5.92. The van der Waals surface area contributed by atoms with Crippen LogP contribution < -0.4 is 15.9 Å². The second-order valence-corrected chi connectivity index (χ2v) is 4.37. The van der Waals surface area contributed by atoms with Gasteiger partial charge in [-0.05, 0) is 49.8 Å².